The van der Waals surface area contributed by atoms with Crippen LogP contribution in [-0.2, 0) is 28.5 Å². The molecule has 5 rings (SSSR count). The van der Waals surface area contributed by atoms with E-state index in [4.69, 9.17) is 18.9 Å². The van der Waals surface area contributed by atoms with Gasteiger partial charge in [-0.15, -0.1) is 0 Å². The largest absolute Gasteiger partial charge is 0.457 e. The van der Waals surface area contributed by atoms with E-state index >= 15 is 0 Å². The van der Waals surface area contributed by atoms with E-state index in [0.29, 0.717) is 32.0 Å². The van der Waals surface area contributed by atoms with E-state index in [1.54, 1.807) is 0 Å². The van der Waals surface area contributed by atoms with Crippen molar-refractivity contribution in [1.82, 2.24) is 0 Å². The van der Waals surface area contributed by atoms with Gasteiger partial charge in [-0.2, -0.15) is 0 Å². The molecule has 6 nitrogen and oxygen atoms in total. The zero-order chi connectivity index (χ0) is 17.9. The summed E-state index contributed by atoms with van der Waals surface area (Å²) >= 11 is 0. The van der Waals surface area contributed by atoms with Crippen LogP contribution in [0.2, 0.25) is 0 Å². The molecule has 0 aromatic heterocycles. The topological polar surface area (TPSA) is 71.1 Å². The second-order valence-corrected chi connectivity index (χ2v) is 8.47. The predicted molar refractivity (Wildman–Crippen MR) is 83.2 cm³/mol. The first-order valence-corrected chi connectivity index (χ1v) is 9.08. The Balaban J connectivity index is 1.40. The molecule has 1 heterocycles. The van der Waals surface area contributed by atoms with Gasteiger partial charge in [0.05, 0.1) is 13.2 Å². The van der Waals surface area contributed by atoms with Gasteiger partial charge in [-0.3, -0.25) is 0 Å². The van der Waals surface area contributed by atoms with Gasteiger partial charge in [0.15, 0.2) is 12.4 Å². The second kappa shape index (κ2) is 5.64. The lowest BCUT2D eigenvalue weighted by atomic mass is 9.51. The van der Waals surface area contributed by atoms with Crippen molar-refractivity contribution in [1.29, 1.82) is 0 Å². The molecule has 0 N–H and O–H groups in total. The highest BCUT2D eigenvalue weighted by Crippen LogP contribution is 2.63. The third-order valence-corrected chi connectivity index (χ3v) is 6.15. The minimum absolute atomic E-state index is 0.237. The molecule has 25 heavy (non-hydrogen) atoms. The van der Waals surface area contributed by atoms with Crippen LogP contribution >= 0.6 is 0 Å². The molecule has 0 aromatic rings. The second-order valence-electron chi connectivity index (χ2n) is 8.47. The molecule has 4 bridgehead atoms. The molecule has 1 spiro atoms. The van der Waals surface area contributed by atoms with Crippen molar-refractivity contribution in [2.24, 2.45) is 17.8 Å². The summed E-state index contributed by atoms with van der Waals surface area (Å²) in [6.45, 7) is 2.90. The maximum Gasteiger partial charge on any atom is 0.344 e. The minimum atomic E-state index is -2.12. The van der Waals surface area contributed by atoms with Crippen LogP contribution in [0, 0.1) is 17.8 Å². The number of halogens is 1. The number of hydrogen-bond acceptors (Lipinski definition) is 6. The summed E-state index contributed by atoms with van der Waals surface area (Å²) in [6.07, 6.45) is 4.36. The van der Waals surface area contributed by atoms with Gasteiger partial charge in [0.25, 0.3) is 0 Å². The standard InChI is InChI=1S/C18H25FO6/c1-16(2,19)15(21)22-10-14(20)25-17-7-11-5-12(8-17)18(13(6-11)9-17)23-3-4-24-18/h11-13H,3-10H2,1-2H3. The van der Waals surface area contributed by atoms with E-state index in [1.165, 1.54) is 0 Å². The zero-order valence-corrected chi connectivity index (χ0v) is 14.7. The van der Waals surface area contributed by atoms with E-state index < -0.39 is 35.6 Å². The maximum atomic E-state index is 13.5. The lowest BCUT2D eigenvalue weighted by Crippen LogP contribution is -2.65. The Hall–Kier alpha value is -1.21. The summed E-state index contributed by atoms with van der Waals surface area (Å²) in [7, 11) is 0. The summed E-state index contributed by atoms with van der Waals surface area (Å²) < 4.78 is 36.0. The highest BCUT2D eigenvalue weighted by atomic mass is 19.1. The van der Waals surface area contributed by atoms with Gasteiger partial charge in [-0.25, -0.2) is 14.0 Å². The fourth-order valence-electron chi connectivity index (χ4n) is 5.46. The van der Waals surface area contributed by atoms with Gasteiger partial charge in [0, 0.05) is 11.8 Å². The first-order valence-electron chi connectivity index (χ1n) is 9.08. The molecule has 2 unspecified atom stereocenters. The summed E-state index contributed by atoms with van der Waals surface area (Å²) in [5, 5.41) is 0. The molecule has 5 fully saturated rings. The van der Waals surface area contributed by atoms with E-state index in [-0.39, 0.29) is 11.8 Å². The van der Waals surface area contributed by atoms with Crippen LogP contribution in [0.25, 0.3) is 0 Å². The van der Waals surface area contributed by atoms with Crippen LogP contribution < -0.4 is 0 Å². The van der Waals surface area contributed by atoms with Crippen molar-refractivity contribution in [3.63, 3.8) is 0 Å². The first-order chi connectivity index (χ1) is 11.7. The van der Waals surface area contributed by atoms with Crippen molar-refractivity contribution in [2.45, 2.75) is 63.0 Å². The predicted octanol–water partition coefficient (Wildman–Crippen LogP) is 2.14. The fourth-order valence-corrected chi connectivity index (χ4v) is 5.46. The molecule has 2 atom stereocenters. The highest BCUT2D eigenvalue weighted by Gasteiger charge is 2.66. The monoisotopic (exact) mass is 356 g/mol. The molecule has 1 saturated heterocycles. The third-order valence-electron chi connectivity index (χ3n) is 6.15. The van der Waals surface area contributed by atoms with Crippen molar-refractivity contribution in [2.75, 3.05) is 19.8 Å². The average Bonchev–Trinajstić information content (AvgIpc) is 2.99. The van der Waals surface area contributed by atoms with Gasteiger partial charge >= 0.3 is 11.9 Å². The van der Waals surface area contributed by atoms with E-state index in [1.807, 2.05) is 0 Å². The quantitative estimate of drug-likeness (QED) is 0.719. The number of carbonyl (C=O) groups excluding carboxylic acids is 2. The normalized spacial score (nSPS) is 38.1. The number of rotatable bonds is 4. The van der Waals surface area contributed by atoms with Crippen LogP contribution in [0.3, 0.4) is 0 Å². The molecule has 0 radical (unpaired) electrons. The van der Waals surface area contributed by atoms with E-state index in [2.05, 4.69) is 0 Å². The molecule has 0 aromatic carbocycles. The lowest BCUT2D eigenvalue weighted by Gasteiger charge is -2.61. The van der Waals surface area contributed by atoms with Gasteiger partial charge in [-0.1, -0.05) is 0 Å². The lowest BCUT2D eigenvalue weighted by molar-refractivity contribution is -0.315. The first kappa shape index (κ1) is 17.2. The van der Waals surface area contributed by atoms with Gasteiger partial charge in [-0.05, 0) is 51.9 Å². The average molecular weight is 356 g/mol. The fraction of sp³-hybridized carbons (Fsp3) is 0.889. The smallest absolute Gasteiger partial charge is 0.344 e. The summed E-state index contributed by atoms with van der Waals surface area (Å²) in [5.41, 5.74) is -2.64. The molecule has 0 amide bonds. The van der Waals surface area contributed by atoms with Crippen LogP contribution in [0.15, 0.2) is 0 Å². The highest BCUT2D eigenvalue weighted by molar-refractivity contribution is 5.81. The zero-order valence-electron chi connectivity index (χ0n) is 14.7. The Morgan fingerprint density at radius 2 is 1.72 bits per heavy atom. The Morgan fingerprint density at radius 3 is 2.28 bits per heavy atom. The number of ether oxygens (including phenoxy) is 4. The number of esters is 2. The number of hydrogen-bond donors (Lipinski definition) is 0. The molecular weight excluding hydrogens is 331 g/mol. The van der Waals surface area contributed by atoms with Gasteiger partial charge < -0.3 is 18.9 Å². The van der Waals surface area contributed by atoms with Crippen molar-refractivity contribution in [3.05, 3.63) is 0 Å². The third kappa shape index (κ3) is 2.85. The van der Waals surface area contributed by atoms with Crippen LogP contribution in [0.5, 0.6) is 0 Å². The number of carbonyl (C=O) groups is 2. The van der Waals surface area contributed by atoms with Gasteiger partial charge in [0.2, 0.25) is 5.67 Å². The van der Waals surface area contributed by atoms with Crippen molar-refractivity contribution in [3.8, 4) is 0 Å². The Labute approximate surface area is 146 Å². The molecule has 7 heteroatoms. The van der Waals surface area contributed by atoms with E-state index in [0.717, 1.165) is 33.1 Å². The minimum Gasteiger partial charge on any atom is -0.457 e. The van der Waals surface area contributed by atoms with Crippen LogP contribution in [0.1, 0.15) is 46.0 Å². The van der Waals surface area contributed by atoms with E-state index in [9.17, 15) is 14.0 Å². The summed E-state index contributed by atoms with van der Waals surface area (Å²) in [5.74, 6) is -1.17. The molecule has 5 aliphatic rings. The summed E-state index contributed by atoms with van der Waals surface area (Å²) in [4.78, 5) is 23.7. The molecular formula is C18H25FO6. The number of alkyl halides is 1. The Bertz CT molecular complexity index is 559. The molecule has 4 saturated carbocycles. The molecule has 1 aliphatic heterocycles. The van der Waals surface area contributed by atoms with Crippen LogP contribution in [-0.4, -0.2) is 48.8 Å². The Kier molecular flexibility index (Phi) is 3.89. The Morgan fingerprint density at radius 1 is 1.12 bits per heavy atom. The van der Waals surface area contributed by atoms with Crippen LogP contribution in [0.4, 0.5) is 4.39 Å². The van der Waals surface area contributed by atoms with Crippen molar-refractivity contribution >= 4 is 11.9 Å². The van der Waals surface area contributed by atoms with Gasteiger partial charge in [0.1, 0.15) is 5.60 Å². The molecule has 140 valence electrons. The summed E-state index contributed by atoms with van der Waals surface area (Å²) in [6, 6.07) is 0. The SMILES string of the molecule is CC(C)(F)C(=O)OCC(=O)OC12CC3CC(C1)C1(OCCO1)C(C3)C2. The molecule has 4 aliphatic carbocycles. The maximum absolute atomic E-state index is 13.5. The van der Waals surface area contributed by atoms with Crippen molar-refractivity contribution < 1.29 is 32.9 Å².